The van der Waals surface area contributed by atoms with Gasteiger partial charge in [-0.15, -0.1) is 0 Å². The van der Waals surface area contributed by atoms with Crippen LogP contribution in [0.2, 0.25) is 5.02 Å². The number of aliphatic imine (C=N–C) groups is 2. The summed E-state index contributed by atoms with van der Waals surface area (Å²) in [5.74, 6) is 0.569. The van der Waals surface area contributed by atoms with Crippen molar-refractivity contribution in [1.29, 1.82) is 0 Å². The minimum Gasteiger partial charge on any atom is -0.495 e. The van der Waals surface area contributed by atoms with Crippen LogP contribution in [0.15, 0.2) is 28.2 Å². The molecule has 0 saturated heterocycles. The first-order chi connectivity index (χ1) is 12.1. The van der Waals surface area contributed by atoms with E-state index in [-0.39, 0.29) is 25.0 Å². The number of nitrogens with zero attached hydrogens (tertiary/aromatic N) is 2. The van der Waals surface area contributed by atoms with E-state index in [0.717, 1.165) is 0 Å². The number of nitrogens with two attached hydrogens (primary N) is 2. The molecule has 1 aromatic carbocycles. The number of carbonyl (C=O) groups is 1. The van der Waals surface area contributed by atoms with Crippen molar-refractivity contribution in [3.8, 4) is 5.75 Å². The molecule has 1 rings (SSSR count). The Morgan fingerprint density at radius 2 is 2.00 bits per heavy atom. The molecule has 144 valence electrons. The van der Waals surface area contributed by atoms with Crippen LogP contribution in [0.25, 0.3) is 0 Å². The Kier molecular flexibility index (Phi) is 7.98. The lowest BCUT2D eigenvalue weighted by Crippen LogP contribution is -2.34. The van der Waals surface area contributed by atoms with Crippen molar-refractivity contribution in [2.24, 2.45) is 21.5 Å². The lowest BCUT2D eigenvalue weighted by Gasteiger charge is -2.19. The van der Waals surface area contributed by atoms with E-state index < -0.39 is 11.7 Å². The Hall–Kier alpha value is -2.68. The van der Waals surface area contributed by atoms with Crippen LogP contribution in [0.3, 0.4) is 0 Å². The van der Waals surface area contributed by atoms with E-state index in [1.54, 1.807) is 39.0 Å². The Morgan fingerprint density at radius 1 is 1.31 bits per heavy atom. The molecule has 0 spiro atoms. The molecule has 10 heteroatoms. The van der Waals surface area contributed by atoms with Gasteiger partial charge >= 0.3 is 6.09 Å². The smallest absolute Gasteiger partial charge is 0.407 e. The van der Waals surface area contributed by atoms with Gasteiger partial charge in [0.2, 0.25) is 11.9 Å². The first kappa shape index (κ1) is 21.4. The molecule has 6 N–H and O–H groups in total. The SMILES string of the molecule is COc1ccc(N/C(N)=N/C(N)=NCCNC(=O)OC(C)(C)C)cc1Cl. The number of methoxy groups -OCH3 is 1. The van der Waals surface area contributed by atoms with Gasteiger partial charge in [-0.25, -0.2) is 9.79 Å². The molecule has 0 heterocycles. The lowest BCUT2D eigenvalue weighted by molar-refractivity contribution is 0.0529. The fourth-order valence-electron chi connectivity index (χ4n) is 1.72. The summed E-state index contributed by atoms with van der Waals surface area (Å²) < 4.78 is 10.2. The second-order valence-corrected chi connectivity index (χ2v) is 6.55. The Bertz CT molecular complexity index is 685. The monoisotopic (exact) mass is 384 g/mol. The average Bonchev–Trinajstić information content (AvgIpc) is 2.50. The van der Waals surface area contributed by atoms with E-state index in [1.165, 1.54) is 7.11 Å². The number of halogens is 1. The van der Waals surface area contributed by atoms with Crippen molar-refractivity contribution in [3.05, 3.63) is 23.2 Å². The summed E-state index contributed by atoms with van der Waals surface area (Å²) in [5, 5.41) is 5.83. The number of benzene rings is 1. The second-order valence-electron chi connectivity index (χ2n) is 6.14. The molecule has 0 aliphatic rings. The van der Waals surface area contributed by atoms with Gasteiger partial charge in [-0.05, 0) is 39.0 Å². The summed E-state index contributed by atoms with van der Waals surface area (Å²) in [4.78, 5) is 19.4. The van der Waals surface area contributed by atoms with E-state index in [1.807, 2.05) is 0 Å². The maximum Gasteiger partial charge on any atom is 0.407 e. The van der Waals surface area contributed by atoms with Gasteiger partial charge in [0.25, 0.3) is 0 Å². The summed E-state index contributed by atoms with van der Waals surface area (Å²) in [7, 11) is 1.53. The predicted molar refractivity (Wildman–Crippen MR) is 104 cm³/mol. The van der Waals surface area contributed by atoms with Crippen LogP contribution in [0.1, 0.15) is 20.8 Å². The number of anilines is 1. The molecule has 0 aliphatic heterocycles. The number of hydrogen-bond donors (Lipinski definition) is 4. The zero-order chi connectivity index (χ0) is 19.7. The zero-order valence-electron chi connectivity index (χ0n) is 15.3. The van der Waals surface area contributed by atoms with Crippen LogP contribution in [-0.4, -0.2) is 43.8 Å². The number of nitrogens with one attached hydrogen (secondary N) is 2. The summed E-state index contributed by atoms with van der Waals surface area (Å²) in [6, 6.07) is 5.06. The molecule has 9 nitrogen and oxygen atoms in total. The van der Waals surface area contributed by atoms with Crippen molar-refractivity contribution in [2.75, 3.05) is 25.5 Å². The van der Waals surface area contributed by atoms with E-state index in [9.17, 15) is 4.79 Å². The third kappa shape index (κ3) is 8.43. The molecular weight excluding hydrogens is 360 g/mol. The van der Waals surface area contributed by atoms with Crippen LogP contribution in [0.5, 0.6) is 5.75 Å². The number of hydrogen-bond acceptors (Lipinski definition) is 4. The summed E-state index contributed by atoms with van der Waals surface area (Å²) in [5.41, 5.74) is 11.5. The van der Waals surface area contributed by atoms with E-state index >= 15 is 0 Å². The number of amides is 1. The van der Waals surface area contributed by atoms with E-state index in [4.69, 9.17) is 32.5 Å². The summed E-state index contributed by atoms with van der Waals surface area (Å²) >= 11 is 6.03. The fraction of sp³-hybridized carbons (Fsp3) is 0.438. The number of ether oxygens (including phenoxy) is 2. The second kappa shape index (κ2) is 9.71. The summed E-state index contributed by atoms with van der Waals surface area (Å²) in [6.07, 6.45) is -0.521. The molecule has 0 radical (unpaired) electrons. The number of rotatable bonds is 5. The van der Waals surface area contributed by atoms with Crippen LogP contribution in [-0.2, 0) is 4.74 Å². The molecule has 0 atom stereocenters. The van der Waals surface area contributed by atoms with Gasteiger partial charge in [0.15, 0.2) is 0 Å². The number of guanidine groups is 2. The van der Waals surface area contributed by atoms with Crippen molar-refractivity contribution in [2.45, 2.75) is 26.4 Å². The Balaban J connectivity index is 2.48. The van der Waals surface area contributed by atoms with Gasteiger partial charge in [-0.1, -0.05) is 11.6 Å². The van der Waals surface area contributed by atoms with Gasteiger partial charge in [0.05, 0.1) is 18.7 Å². The van der Waals surface area contributed by atoms with Gasteiger partial charge in [-0.3, -0.25) is 0 Å². The topological polar surface area (TPSA) is 136 Å². The minimum absolute atomic E-state index is 0.0272. The molecule has 0 aromatic heterocycles. The number of carbonyl (C=O) groups excluding carboxylic acids is 1. The Labute approximate surface area is 157 Å². The first-order valence-corrected chi connectivity index (χ1v) is 8.20. The third-order valence-corrected chi connectivity index (χ3v) is 3.01. The highest BCUT2D eigenvalue weighted by Gasteiger charge is 2.15. The van der Waals surface area contributed by atoms with Crippen LogP contribution < -0.4 is 26.8 Å². The maximum atomic E-state index is 11.5. The van der Waals surface area contributed by atoms with E-state index in [0.29, 0.717) is 16.5 Å². The highest BCUT2D eigenvalue weighted by Crippen LogP contribution is 2.26. The standard InChI is InChI=1S/C16H25ClN6O3/c1-16(2,3)26-15(24)21-8-7-20-13(18)23-14(19)22-10-5-6-12(25-4)11(17)9-10/h5-6,9H,7-8H2,1-4H3,(H,21,24)(H5,18,19,20,22,23). The largest absolute Gasteiger partial charge is 0.495 e. The molecule has 0 unspecified atom stereocenters. The molecule has 0 aliphatic carbocycles. The van der Waals surface area contributed by atoms with Crippen molar-refractivity contribution < 1.29 is 14.3 Å². The summed E-state index contributed by atoms with van der Waals surface area (Å²) in [6.45, 7) is 5.83. The lowest BCUT2D eigenvalue weighted by atomic mass is 10.2. The van der Waals surface area contributed by atoms with Gasteiger partial charge in [0, 0.05) is 12.2 Å². The van der Waals surface area contributed by atoms with Crippen molar-refractivity contribution in [3.63, 3.8) is 0 Å². The van der Waals surface area contributed by atoms with Crippen molar-refractivity contribution in [1.82, 2.24) is 5.32 Å². The highest BCUT2D eigenvalue weighted by molar-refractivity contribution is 6.32. The van der Waals surface area contributed by atoms with Gasteiger partial charge in [0.1, 0.15) is 11.4 Å². The first-order valence-electron chi connectivity index (χ1n) is 7.82. The highest BCUT2D eigenvalue weighted by atomic mass is 35.5. The quantitative estimate of drug-likeness (QED) is 0.347. The third-order valence-electron chi connectivity index (χ3n) is 2.71. The predicted octanol–water partition coefficient (Wildman–Crippen LogP) is 1.91. The molecule has 26 heavy (non-hydrogen) atoms. The molecule has 1 amide bonds. The maximum absolute atomic E-state index is 11.5. The van der Waals surface area contributed by atoms with Gasteiger partial charge in [-0.2, -0.15) is 4.99 Å². The molecule has 0 bridgehead atoms. The number of alkyl carbamates (subject to hydrolysis) is 1. The molecule has 1 aromatic rings. The van der Waals surface area contributed by atoms with Crippen LogP contribution >= 0.6 is 11.6 Å². The Morgan fingerprint density at radius 3 is 2.58 bits per heavy atom. The normalized spacial score (nSPS) is 12.5. The van der Waals surface area contributed by atoms with Crippen LogP contribution in [0.4, 0.5) is 10.5 Å². The average molecular weight is 385 g/mol. The van der Waals surface area contributed by atoms with Gasteiger partial charge < -0.3 is 31.6 Å². The molecule has 0 saturated carbocycles. The fourth-order valence-corrected chi connectivity index (χ4v) is 1.98. The molecule has 0 fully saturated rings. The van der Waals surface area contributed by atoms with Crippen molar-refractivity contribution >= 4 is 35.3 Å². The molecular formula is C16H25ClN6O3. The van der Waals surface area contributed by atoms with E-state index in [2.05, 4.69) is 20.6 Å². The van der Waals surface area contributed by atoms with Crippen LogP contribution in [0, 0.1) is 0 Å². The zero-order valence-corrected chi connectivity index (χ0v) is 16.1. The minimum atomic E-state index is -0.554.